The van der Waals surface area contributed by atoms with Gasteiger partial charge in [0.05, 0.1) is 22.9 Å². The molecular weight excluding hydrogens is 254 g/mol. The Morgan fingerprint density at radius 1 is 1.45 bits per heavy atom. The Labute approximate surface area is 118 Å². The van der Waals surface area contributed by atoms with Crippen molar-refractivity contribution in [2.45, 2.75) is 38.5 Å². The van der Waals surface area contributed by atoms with Crippen molar-refractivity contribution in [3.05, 3.63) is 35.9 Å². The van der Waals surface area contributed by atoms with E-state index in [1.807, 2.05) is 25.3 Å². The number of fused-ring (bicyclic) bond motifs is 1. The summed E-state index contributed by atoms with van der Waals surface area (Å²) in [5.41, 5.74) is 1.16. The fraction of sp³-hybridized carbons (Fsp3) is 0.533. The molecule has 108 valence electrons. The third-order valence-electron chi connectivity index (χ3n) is 4.26. The van der Waals surface area contributed by atoms with Crippen molar-refractivity contribution in [3.63, 3.8) is 0 Å². The van der Waals surface area contributed by atoms with Gasteiger partial charge < -0.3 is 14.6 Å². The van der Waals surface area contributed by atoms with Crippen LogP contribution in [0.4, 0.5) is 0 Å². The smallest absolute Gasteiger partial charge is 0.110 e. The zero-order valence-corrected chi connectivity index (χ0v) is 12.0. The lowest BCUT2D eigenvalue weighted by Crippen LogP contribution is -2.53. The number of aryl methyl sites for hydroxylation is 1. The molecule has 2 N–H and O–H groups in total. The number of hydrogen-bond acceptors (Lipinski definition) is 4. The van der Waals surface area contributed by atoms with Crippen LogP contribution in [0.1, 0.15) is 24.9 Å². The summed E-state index contributed by atoms with van der Waals surface area (Å²) in [6.07, 6.45) is 1.89. The van der Waals surface area contributed by atoms with Crippen LogP contribution >= 0.6 is 0 Å². The summed E-state index contributed by atoms with van der Waals surface area (Å²) in [4.78, 5) is 6.77. The van der Waals surface area contributed by atoms with Gasteiger partial charge in [-0.3, -0.25) is 4.90 Å². The van der Waals surface area contributed by atoms with Crippen LogP contribution < -0.4 is 0 Å². The van der Waals surface area contributed by atoms with Gasteiger partial charge in [0.2, 0.25) is 0 Å². The number of hydrogen-bond donors (Lipinski definition) is 2. The summed E-state index contributed by atoms with van der Waals surface area (Å²) in [7, 11) is 0. The summed E-state index contributed by atoms with van der Waals surface area (Å²) < 4.78 is 2.08. The van der Waals surface area contributed by atoms with E-state index in [4.69, 9.17) is 0 Å². The lowest BCUT2D eigenvalue weighted by molar-refractivity contribution is -0.108. The van der Waals surface area contributed by atoms with Crippen LogP contribution in [-0.2, 0) is 6.54 Å². The number of aliphatic hydroxyl groups excluding tert-OH is 1. The molecule has 20 heavy (non-hydrogen) atoms. The van der Waals surface area contributed by atoms with E-state index in [0.717, 1.165) is 23.6 Å². The molecular formula is C15H21N3O2. The Hall–Kier alpha value is -1.43. The molecule has 1 aliphatic rings. The summed E-state index contributed by atoms with van der Waals surface area (Å²) in [6, 6.07) is 6.06. The molecule has 0 bridgehead atoms. The first-order valence-electron chi connectivity index (χ1n) is 7.03. The van der Waals surface area contributed by atoms with Gasteiger partial charge in [0.25, 0.3) is 0 Å². The van der Waals surface area contributed by atoms with Crippen molar-refractivity contribution in [1.82, 2.24) is 14.3 Å². The monoisotopic (exact) mass is 275 g/mol. The third-order valence-corrected chi connectivity index (χ3v) is 4.26. The molecule has 0 radical (unpaired) electrons. The van der Waals surface area contributed by atoms with E-state index >= 15 is 0 Å². The molecule has 0 amide bonds. The quantitative estimate of drug-likeness (QED) is 0.857. The highest BCUT2D eigenvalue weighted by molar-refractivity contribution is 5.53. The van der Waals surface area contributed by atoms with E-state index < -0.39 is 11.7 Å². The minimum Gasteiger partial charge on any atom is -0.389 e. The van der Waals surface area contributed by atoms with Crippen LogP contribution in [0, 0.1) is 6.92 Å². The fourth-order valence-corrected chi connectivity index (χ4v) is 2.82. The molecule has 3 rings (SSSR count). The van der Waals surface area contributed by atoms with Gasteiger partial charge in [-0.05, 0) is 32.4 Å². The molecule has 0 aromatic carbocycles. The first-order valence-corrected chi connectivity index (χ1v) is 7.03. The molecule has 0 saturated carbocycles. The zero-order valence-electron chi connectivity index (χ0n) is 12.0. The molecule has 2 atom stereocenters. The molecule has 2 aromatic rings. The van der Waals surface area contributed by atoms with Crippen LogP contribution in [0.15, 0.2) is 24.4 Å². The first-order chi connectivity index (χ1) is 9.47. The van der Waals surface area contributed by atoms with Crippen LogP contribution in [-0.4, -0.2) is 49.3 Å². The van der Waals surface area contributed by atoms with E-state index in [0.29, 0.717) is 19.5 Å². The number of nitrogens with zero attached hydrogens (tertiary/aromatic N) is 3. The molecule has 1 saturated heterocycles. The SMILES string of the molecule is Cc1nc(CN2CC[C@@](C)(O)[C@H](O)C2)c2ccccn12. The lowest BCUT2D eigenvalue weighted by Gasteiger charge is -2.39. The minimum absolute atomic E-state index is 0.484. The maximum atomic E-state index is 10.0. The van der Waals surface area contributed by atoms with Gasteiger partial charge in [0, 0.05) is 25.8 Å². The number of aliphatic hydroxyl groups is 2. The molecule has 0 aliphatic carbocycles. The van der Waals surface area contributed by atoms with Crippen LogP contribution in [0.5, 0.6) is 0 Å². The van der Waals surface area contributed by atoms with Gasteiger partial charge in [-0.1, -0.05) is 6.07 Å². The summed E-state index contributed by atoms with van der Waals surface area (Å²) in [5.74, 6) is 0.972. The maximum absolute atomic E-state index is 10.0. The Morgan fingerprint density at radius 3 is 3.00 bits per heavy atom. The third kappa shape index (κ3) is 2.32. The minimum atomic E-state index is -0.970. The molecule has 5 heteroatoms. The second-order valence-corrected chi connectivity index (χ2v) is 5.92. The fourth-order valence-electron chi connectivity index (χ4n) is 2.82. The van der Waals surface area contributed by atoms with Gasteiger partial charge in [0.1, 0.15) is 5.82 Å². The summed E-state index contributed by atoms with van der Waals surface area (Å²) in [6.45, 7) is 5.65. The summed E-state index contributed by atoms with van der Waals surface area (Å²) >= 11 is 0. The number of likely N-dealkylation sites (tertiary alicyclic amines) is 1. The molecule has 1 aliphatic heterocycles. The van der Waals surface area contributed by atoms with Crippen molar-refractivity contribution < 1.29 is 10.2 Å². The average Bonchev–Trinajstić information content (AvgIpc) is 2.72. The van der Waals surface area contributed by atoms with Gasteiger partial charge in [-0.15, -0.1) is 0 Å². The Bertz CT molecular complexity index is 621. The number of imidazole rings is 1. The van der Waals surface area contributed by atoms with Gasteiger partial charge in [-0.2, -0.15) is 0 Å². The topological polar surface area (TPSA) is 61.0 Å². The number of β-amino-alcohol motifs (C(OH)–C–C–N with tert-alkyl or cyclic N) is 1. The zero-order chi connectivity index (χ0) is 14.3. The molecule has 0 unspecified atom stereocenters. The van der Waals surface area contributed by atoms with Crippen LogP contribution in [0.2, 0.25) is 0 Å². The van der Waals surface area contributed by atoms with E-state index in [-0.39, 0.29) is 0 Å². The largest absolute Gasteiger partial charge is 0.389 e. The molecule has 3 heterocycles. The molecule has 2 aromatic heterocycles. The highest BCUT2D eigenvalue weighted by Gasteiger charge is 2.36. The Balaban J connectivity index is 1.81. The molecule has 1 fully saturated rings. The van der Waals surface area contributed by atoms with E-state index in [2.05, 4.69) is 20.4 Å². The Kier molecular flexibility index (Phi) is 3.28. The first kappa shape index (κ1) is 13.5. The second-order valence-electron chi connectivity index (χ2n) is 5.92. The Morgan fingerprint density at radius 2 is 2.25 bits per heavy atom. The van der Waals surface area contributed by atoms with E-state index in [1.165, 1.54) is 0 Å². The maximum Gasteiger partial charge on any atom is 0.110 e. The average molecular weight is 275 g/mol. The summed E-state index contributed by atoms with van der Waals surface area (Å²) in [5, 5.41) is 20.0. The molecule has 0 spiro atoms. The second kappa shape index (κ2) is 4.84. The van der Waals surface area contributed by atoms with Gasteiger partial charge in [0.15, 0.2) is 0 Å². The van der Waals surface area contributed by atoms with Crippen LogP contribution in [0.25, 0.3) is 5.52 Å². The number of pyridine rings is 1. The van der Waals surface area contributed by atoms with Crippen molar-refractivity contribution >= 4 is 5.52 Å². The number of piperidine rings is 1. The number of rotatable bonds is 2. The van der Waals surface area contributed by atoms with Gasteiger partial charge >= 0.3 is 0 Å². The standard InChI is InChI=1S/C15H21N3O2/c1-11-16-12(13-5-3-4-7-18(11)13)9-17-8-6-15(2,20)14(19)10-17/h3-5,7,14,19-20H,6,8-10H2,1-2H3/t14-,15-/m1/s1. The van der Waals surface area contributed by atoms with Crippen molar-refractivity contribution in [2.24, 2.45) is 0 Å². The number of aromatic nitrogens is 2. The molecule has 5 nitrogen and oxygen atoms in total. The normalized spacial score (nSPS) is 28.1. The van der Waals surface area contributed by atoms with E-state index in [9.17, 15) is 10.2 Å². The van der Waals surface area contributed by atoms with Gasteiger partial charge in [-0.25, -0.2) is 4.98 Å². The van der Waals surface area contributed by atoms with Crippen molar-refractivity contribution in [3.8, 4) is 0 Å². The highest BCUT2D eigenvalue weighted by atomic mass is 16.3. The van der Waals surface area contributed by atoms with Crippen LogP contribution in [0.3, 0.4) is 0 Å². The lowest BCUT2D eigenvalue weighted by atomic mass is 9.91. The predicted molar refractivity (Wildman–Crippen MR) is 76.5 cm³/mol. The highest BCUT2D eigenvalue weighted by Crippen LogP contribution is 2.24. The predicted octanol–water partition coefficient (Wildman–Crippen LogP) is 0.960. The van der Waals surface area contributed by atoms with E-state index in [1.54, 1.807) is 6.92 Å². The van der Waals surface area contributed by atoms with Crippen molar-refractivity contribution in [2.75, 3.05) is 13.1 Å². The van der Waals surface area contributed by atoms with Crippen molar-refractivity contribution in [1.29, 1.82) is 0 Å².